The Morgan fingerprint density at radius 3 is 2.76 bits per heavy atom. The molecule has 0 amide bonds. The van der Waals surface area contributed by atoms with E-state index in [4.69, 9.17) is 16.0 Å². The van der Waals surface area contributed by atoms with E-state index in [9.17, 15) is 0 Å². The highest BCUT2D eigenvalue weighted by Crippen LogP contribution is 2.29. The summed E-state index contributed by atoms with van der Waals surface area (Å²) in [6, 6.07) is 13.1. The van der Waals surface area contributed by atoms with Crippen molar-refractivity contribution < 1.29 is 4.42 Å². The molecule has 17 heavy (non-hydrogen) atoms. The average Bonchev–Trinajstić information content (AvgIpc) is 2.72. The van der Waals surface area contributed by atoms with E-state index in [1.807, 2.05) is 30.3 Å². The lowest BCUT2D eigenvalue weighted by molar-refractivity contribution is 0.618. The van der Waals surface area contributed by atoms with Gasteiger partial charge in [-0.05, 0) is 24.3 Å². The van der Waals surface area contributed by atoms with Crippen LogP contribution in [0.5, 0.6) is 0 Å². The Morgan fingerprint density at radius 2 is 1.94 bits per heavy atom. The van der Waals surface area contributed by atoms with Crippen molar-refractivity contribution in [2.24, 2.45) is 0 Å². The van der Waals surface area contributed by atoms with Crippen molar-refractivity contribution in [2.75, 3.05) is 0 Å². The molecule has 1 heterocycles. The maximum Gasteiger partial charge on any atom is 0.228 e. The van der Waals surface area contributed by atoms with Crippen LogP contribution in [0, 0.1) is 0 Å². The zero-order valence-electron chi connectivity index (χ0n) is 8.72. The SMILES string of the molecule is Sc1ccccc1-c1nc2ccc(Cl)cc2o1. The molecule has 0 bridgehead atoms. The van der Waals surface area contributed by atoms with Gasteiger partial charge in [0.15, 0.2) is 5.58 Å². The molecule has 3 aromatic rings. The Morgan fingerprint density at radius 1 is 1.12 bits per heavy atom. The Bertz CT molecular complexity index is 693. The van der Waals surface area contributed by atoms with Crippen molar-refractivity contribution in [1.82, 2.24) is 4.98 Å². The van der Waals surface area contributed by atoms with E-state index in [0.29, 0.717) is 16.5 Å². The number of rotatable bonds is 1. The van der Waals surface area contributed by atoms with Crippen LogP contribution in [0.3, 0.4) is 0 Å². The summed E-state index contributed by atoms with van der Waals surface area (Å²) in [4.78, 5) is 5.25. The number of halogens is 1. The number of thiol groups is 1. The van der Waals surface area contributed by atoms with Crippen molar-refractivity contribution >= 4 is 35.3 Å². The number of benzene rings is 2. The van der Waals surface area contributed by atoms with Gasteiger partial charge >= 0.3 is 0 Å². The van der Waals surface area contributed by atoms with Gasteiger partial charge in [-0.1, -0.05) is 23.7 Å². The van der Waals surface area contributed by atoms with Gasteiger partial charge in [-0.3, -0.25) is 0 Å². The molecule has 0 saturated heterocycles. The largest absolute Gasteiger partial charge is 0.436 e. The van der Waals surface area contributed by atoms with E-state index in [-0.39, 0.29) is 0 Å². The molecule has 0 saturated carbocycles. The third-order valence-electron chi connectivity index (χ3n) is 2.48. The van der Waals surface area contributed by atoms with Crippen LogP contribution in [0.25, 0.3) is 22.6 Å². The predicted molar refractivity (Wildman–Crippen MR) is 71.7 cm³/mol. The summed E-state index contributed by atoms with van der Waals surface area (Å²) in [7, 11) is 0. The first-order valence-corrected chi connectivity index (χ1v) is 5.91. The molecule has 0 spiro atoms. The zero-order chi connectivity index (χ0) is 11.8. The molecule has 1 aromatic heterocycles. The average molecular weight is 262 g/mol. The molecule has 0 atom stereocenters. The lowest BCUT2D eigenvalue weighted by atomic mass is 10.2. The molecule has 0 N–H and O–H groups in total. The molecule has 0 fully saturated rings. The maximum atomic E-state index is 5.90. The number of aromatic nitrogens is 1. The topological polar surface area (TPSA) is 26.0 Å². The Balaban J connectivity index is 2.22. The number of hydrogen-bond acceptors (Lipinski definition) is 3. The van der Waals surface area contributed by atoms with Crippen molar-refractivity contribution in [2.45, 2.75) is 4.90 Å². The van der Waals surface area contributed by atoms with Crippen LogP contribution in [0.15, 0.2) is 51.8 Å². The maximum absolute atomic E-state index is 5.90. The summed E-state index contributed by atoms with van der Waals surface area (Å²) < 4.78 is 5.67. The fourth-order valence-electron chi connectivity index (χ4n) is 1.67. The summed E-state index contributed by atoms with van der Waals surface area (Å²) in [5.74, 6) is 0.563. The summed E-state index contributed by atoms with van der Waals surface area (Å²) in [6.45, 7) is 0. The highest BCUT2D eigenvalue weighted by molar-refractivity contribution is 7.80. The van der Waals surface area contributed by atoms with E-state index in [1.165, 1.54) is 0 Å². The lowest BCUT2D eigenvalue weighted by Gasteiger charge is -1.97. The first-order valence-electron chi connectivity index (χ1n) is 5.08. The molecule has 0 aliphatic heterocycles. The fourth-order valence-corrected chi connectivity index (χ4v) is 2.09. The molecular weight excluding hydrogens is 254 g/mol. The van der Waals surface area contributed by atoms with E-state index in [2.05, 4.69) is 17.6 Å². The summed E-state index contributed by atoms with van der Waals surface area (Å²) in [5.41, 5.74) is 2.35. The van der Waals surface area contributed by atoms with E-state index < -0.39 is 0 Å². The smallest absolute Gasteiger partial charge is 0.228 e. The van der Waals surface area contributed by atoms with Crippen LogP contribution in [-0.2, 0) is 0 Å². The molecule has 0 aliphatic rings. The third kappa shape index (κ3) is 1.92. The molecule has 0 radical (unpaired) electrons. The predicted octanol–water partition coefficient (Wildman–Crippen LogP) is 4.44. The molecule has 3 rings (SSSR count). The highest BCUT2D eigenvalue weighted by atomic mass is 35.5. The molecular formula is C13H8ClNOS. The van der Waals surface area contributed by atoms with Gasteiger partial charge in [0.25, 0.3) is 0 Å². The van der Waals surface area contributed by atoms with Gasteiger partial charge in [0.05, 0.1) is 5.56 Å². The number of nitrogens with zero attached hydrogens (tertiary/aromatic N) is 1. The second kappa shape index (κ2) is 4.09. The van der Waals surface area contributed by atoms with Crippen molar-refractivity contribution in [1.29, 1.82) is 0 Å². The second-order valence-electron chi connectivity index (χ2n) is 3.65. The zero-order valence-corrected chi connectivity index (χ0v) is 10.4. The van der Waals surface area contributed by atoms with Gasteiger partial charge in [-0.2, -0.15) is 0 Å². The Kier molecular flexibility index (Phi) is 2.57. The minimum absolute atomic E-state index is 0.563. The van der Waals surface area contributed by atoms with Crippen LogP contribution in [0.2, 0.25) is 5.02 Å². The number of oxazole rings is 1. The van der Waals surface area contributed by atoms with Crippen LogP contribution in [-0.4, -0.2) is 4.98 Å². The fraction of sp³-hybridized carbons (Fsp3) is 0. The van der Waals surface area contributed by atoms with Crippen LogP contribution in [0.4, 0.5) is 0 Å². The molecule has 2 aromatic carbocycles. The number of fused-ring (bicyclic) bond motifs is 1. The van der Waals surface area contributed by atoms with Crippen molar-refractivity contribution in [3.63, 3.8) is 0 Å². The summed E-state index contributed by atoms with van der Waals surface area (Å²) in [5, 5.41) is 0.638. The van der Waals surface area contributed by atoms with Crippen LogP contribution < -0.4 is 0 Å². The third-order valence-corrected chi connectivity index (χ3v) is 3.11. The normalized spacial score (nSPS) is 10.9. The molecule has 4 heteroatoms. The highest BCUT2D eigenvalue weighted by Gasteiger charge is 2.10. The van der Waals surface area contributed by atoms with Gasteiger partial charge in [0, 0.05) is 16.0 Å². The van der Waals surface area contributed by atoms with Crippen molar-refractivity contribution in [3.05, 3.63) is 47.5 Å². The molecule has 0 unspecified atom stereocenters. The van der Waals surface area contributed by atoms with Gasteiger partial charge < -0.3 is 4.42 Å². The quantitative estimate of drug-likeness (QED) is 0.656. The van der Waals surface area contributed by atoms with Crippen LogP contribution in [0.1, 0.15) is 0 Å². The van der Waals surface area contributed by atoms with Gasteiger partial charge in [0.1, 0.15) is 5.52 Å². The van der Waals surface area contributed by atoms with Gasteiger partial charge in [0.2, 0.25) is 5.89 Å². The van der Waals surface area contributed by atoms with E-state index >= 15 is 0 Å². The first-order chi connectivity index (χ1) is 8.24. The number of hydrogen-bond donors (Lipinski definition) is 1. The summed E-state index contributed by atoms with van der Waals surface area (Å²) in [6.07, 6.45) is 0. The first kappa shape index (κ1) is 10.7. The molecule has 0 aliphatic carbocycles. The summed E-state index contributed by atoms with van der Waals surface area (Å²) >= 11 is 10.3. The molecule has 2 nitrogen and oxygen atoms in total. The van der Waals surface area contributed by atoms with Gasteiger partial charge in [-0.15, -0.1) is 12.6 Å². The Labute approximate surface area is 109 Å². The minimum atomic E-state index is 0.563. The minimum Gasteiger partial charge on any atom is -0.436 e. The van der Waals surface area contributed by atoms with E-state index in [1.54, 1.807) is 12.1 Å². The van der Waals surface area contributed by atoms with Gasteiger partial charge in [-0.25, -0.2) is 4.98 Å². The Hall–Kier alpha value is -1.45. The second-order valence-corrected chi connectivity index (χ2v) is 4.57. The monoisotopic (exact) mass is 261 g/mol. The standard InChI is InChI=1S/C13H8ClNOS/c14-8-5-6-10-11(7-8)16-13(15-10)9-3-1-2-4-12(9)17/h1-7,17H. The lowest BCUT2D eigenvalue weighted by Crippen LogP contribution is -1.78. The molecule has 84 valence electrons. The van der Waals surface area contributed by atoms with Crippen LogP contribution >= 0.6 is 24.2 Å². The van der Waals surface area contributed by atoms with E-state index in [0.717, 1.165) is 16.0 Å². The van der Waals surface area contributed by atoms with Crippen molar-refractivity contribution in [3.8, 4) is 11.5 Å².